The summed E-state index contributed by atoms with van der Waals surface area (Å²) in [6, 6.07) is 5.55. The highest BCUT2D eigenvalue weighted by atomic mass is 35.5. The zero-order valence-corrected chi connectivity index (χ0v) is 12.6. The number of halogens is 1. The van der Waals surface area contributed by atoms with Crippen molar-refractivity contribution in [3.05, 3.63) is 35.4 Å². The van der Waals surface area contributed by atoms with Crippen LogP contribution in [-0.4, -0.2) is 14.8 Å². The SMILES string of the molecule is CC(C)Cn1ncnc1CSc1ccc(Cl)cc1N. The second kappa shape index (κ2) is 6.30. The summed E-state index contributed by atoms with van der Waals surface area (Å²) in [4.78, 5) is 5.31. The first-order valence-corrected chi connectivity index (χ1v) is 7.47. The number of nitrogens with zero attached hydrogens (tertiary/aromatic N) is 3. The van der Waals surface area contributed by atoms with Crippen LogP contribution in [-0.2, 0) is 12.3 Å². The number of thioether (sulfide) groups is 1. The van der Waals surface area contributed by atoms with Gasteiger partial charge in [-0.15, -0.1) is 11.8 Å². The molecule has 1 aromatic heterocycles. The van der Waals surface area contributed by atoms with Crippen molar-refractivity contribution < 1.29 is 0 Å². The molecule has 0 spiro atoms. The standard InChI is InChI=1S/C13H17ClN4S/c1-9(2)6-18-13(16-8-17-18)7-19-12-4-3-10(14)5-11(12)15/h3-5,8-9H,6-7,15H2,1-2H3. The van der Waals surface area contributed by atoms with E-state index in [1.165, 1.54) is 0 Å². The largest absolute Gasteiger partial charge is 0.398 e. The van der Waals surface area contributed by atoms with Crippen LogP contribution in [0.4, 0.5) is 5.69 Å². The topological polar surface area (TPSA) is 56.7 Å². The average Bonchev–Trinajstić information content (AvgIpc) is 2.74. The Morgan fingerprint density at radius 1 is 1.42 bits per heavy atom. The number of aromatic nitrogens is 3. The van der Waals surface area contributed by atoms with E-state index in [9.17, 15) is 0 Å². The van der Waals surface area contributed by atoms with Gasteiger partial charge < -0.3 is 5.73 Å². The lowest BCUT2D eigenvalue weighted by atomic mass is 10.2. The van der Waals surface area contributed by atoms with Gasteiger partial charge >= 0.3 is 0 Å². The summed E-state index contributed by atoms with van der Waals surface area (Å²) >= 11 is 7.53. The summed E-state index contributed by atoms with van der Waals surface area (Å²) in [5.41, 5.74) is 6.63. The molecule has 0 aliphatic rings. The zero-order valence-electron chi connectivity index (χ0n) is 11.0. The molecular weight excluding hydrogens is 280 g/mol. The number of hydrogen-bond acceptors (Lipinski definition) is 4. The minimum absolute atomic E-state index is 0.547. The van der Waals surface area contributed by atoms with Gasteiger partial charge in [-0.05, 0) is 24.1 Å². The van der Waals surface area contributed by atoms with Crippen molar-refractivity contribution in [3.8, 4) is 0 Å². The van der Waals surface area contributed by atoms with Crippen molar-refractivity contribution in [2.75, 3.05) is 5.73 Å². The summed E-state index contributed by atoms with van der Waals surface area (Å²) in [5.74, 6) is 2.26. The fraction of sp³-hybridized carbons (Fsp3) is 0.385. The minimum atomic E-state index is 0.547. The molecule has 4 nitrogen and oxygen atoms in total. The Balaban J connectivity index is 2.04. The van der Waals surface area contributed by atoms with Gasteiger partial charge in [-0.2, -0.15) is 5.10 Å². The Kier molecular flexibility index (Phi) is 4.71. The van der Waals surface area contributed by atoms with E-state index in [1.807, 2.05) is 16.8 Å². The summed E-state index contributed by atoms with van der Waals surface area (Å²) in [6.07, 6.45) is 1.60. The van der Waals surface area contributed by atoms with Crippen molar-refractivity contribution in [1.29, 1.82) is 0 Å². The summed E-state index contributed by atoms with van der Waals surface area (Å²) in [7, 11) is 0. The van der Waals surface area contributed by atoms with Gasteiger partial charge in [-0.3, -0.25) is 0 Å². The van der Waals surface area contributed by atoms with Gasteiger partial charge in [-0.25, -0.2) is 9.67 Å². The van der Waals surface area contributed by atoms with E-state index in [2.05, 4.69) is 23.9 Å². The Morgan fingerprint density at radius 2 is 2.21 bits per heavy atom. The van der Waals surface area contributed by atoms with E-state index in [0.717, 1.165) is 23.0 Å². The molecule has 0 saturated carbocycles. The number of rotatable bonds is 5. The molecule has 1 aromatic carbocycles. The van der Waals surface area contributed by atoms with Crippen LogP contribution in [0.1, 0.15) is 19.7 Å². The molecule has 0 saturated heterocycles. The highest BCUT2D eigenvalue weighted by Gasteiger charge is 2.08. The number of nitrogen functional groups attached to an aromatic ring is 1. The summed E-state index contributed by atoms with van der Waals surface area (Å²) < 4.78 is 1.95. The Labute approximate surface area is 122 Å². The molecule has 0 atom stereocenters. The molecular formula is C13H17ClN4S. The van der Waals surface area contributed by atoms with Crippen LogP contribution in [0.2, 0.25) is 5.02 Å². The predicted molar refractivity (Wildman–Crippen MR) is 80.3 cm³/mol. The highest BCUT2D eigenvalue weighted by molar-refractivity contribution is 7.98. The van der Waals surface area contributed by atoms with Crippen molar-refractivity contribution in [1.82, 2.24) is 14.8 Å². The molecule has 0 aliphatic carbocycles. The van der Waals surface area contributed by atoms with Crippen LogP contribution < -0.4 is 5.73 Å². The number of benzene rings is 1. The Bertz CT molecular complexity index is 553. The summed E-state index contributed by atoms with van der Waals surface area (Å²) in [6.45, 7) is 5.21. The fourth-order valence-corrected chi connectivity index (χ4v) is 2.77. The first kappa shape index (κ1) is 14.2. The van der Waals surface area contributed by atoms with E-state index < -0.39 is 0 Å². The first-order valence-electron chi connectivity index (χ1n) is 6.10. The van der Waals surface area contributed by atoms with Gasteiger partial charge in [0.2, 0.25) is 0 Å². The maximum atomic E-state index is 5.93. The highest BCUT2D eigenvalue weighted by Crippen LogP contribution is 2.29. The van der Waals surface area contributed by atoms with Crippen molar-refractivity contribution >= 4 is 29.1 Å². The number of hydrogen-bond donors (Lipinski definition) is 1. The Hall–Kier alpha value is -1.20. The van der Waals surface area contributed by atoms with Crippen molar-refractivity contribution in [2.45, 2.75) is 31.0 Å². The normalized spacial score (nSPS) is 11.2. The molecule has 2 N–H and O–H groups in total. The number of nitrogens with two attached hydrogens (primary N) is 1. The van der Waals surface area contributed by atoms with E-state index in [1.54, 1.807) is 24.2 Å². The number of anilines is 1. The molecule has 0 aliphatic heterocycles. The van der Waals surface area contributed by atoms with Gasteiger partial charge in [0.25, 0.3) is 0 Å². The maximum absolute atomic E-state index is 5.93. The third-order valence-electron chi connectivity index (χ3n) is 2.56. The molecule has 19 heavy (non-hydrogen) atoms. The molecule has 0 radical (unpaired) electrons. The Morgan fingerprint density at radius 3 is 2.89 bits per heavy atom. The molecule has 1 heterocycles. The van der Waals surface area contributed by atoms with Gasteiger partial charge in [0.15, 0.2) is 0 Å². The molecule has 0 unspecified atom stereocenters. The van der Waals surface area contributed by atoms with Crippen molar-refractivity contribution in [3.63, 3.8) is 0 Å². The van der Waals surface area contributed by atoms with E-state index in [4.69, 9.17) is 17.3 Å². The smallest absolute Gasteiger partial charge is 0.138 e. The second-order valence-corrected chi connectivity index (χ2v) is 6.18. The lowest BCUT2D eigenvalue weighted by Gasteiger charge is -2.09. The van der Waals surface area contributed by atoms with Gasteiger partial charge in [-0.1, -0.05) is 25.4 Å². The lowest BCUT2D eigenvalue weighted by molar-refractivity contribution is 0.472. The maximum Gasteiger partial charge on any atom is 0.138 e. The van der Waals surface area contributed by atoms with E-state index in [-0.39, 0.29) is 0 Å². The van der Waals surface area contributed by atoms with Gasteiger partial charge in [0.05, 0.1) is 5.75 Å². The van der Waals surface area contributed by atoms with E-state index >= 15 is 0 Å². The monoisotopic (exact) mass is 296 g/mol. The van der Waals surface area contributed by atoms with Crippen LogP contribution in [0.5, 0.6) is 0 Å². The molecule has 2 aromatic rings. The molecule has 102 valence electrons. The van der Waals surface area contributed by atoms with Crippen LogP contribution in [0.3, 0.4) is 0 Å². The molecule has 6 heteroatoms. The third kappa shape index (κ3) is 3.88. The van der Waals surface area contributed by atoms with Crippen LogP contribution in [0, 0.1) is 5.92 Å². The molecule has 2 rings (SSSR count). The second-order valence-electron chi connectivity index (χ2n) is 4.72. The van der Waals surface area contributed by atoms with Crippen LogP contribution >= 0.6 is 23.4 Å². The van der Waals surface area contributed by atoms with Crippen LogP contribution in [0.15, 0.2) is 29.4 Å². The van der Waals surface area contributed by atoms with Gasteiger partial charge in [0, 0.05) is 22.2 Å². The van der Waals surface area contributed by atoms with Gasteiger partial charge in [0.1, 0.15) is 12.2 Å². The average molecular weight is 297 g/mol. The molecule has 0 amide bonds. The predicted octanol–water partition coefficient (Wildman–Crippen LogP) is 3.46. The minimum Gasteiger partial charge on any atom is -0.398 e. The quantitative estimate of drug-likeness (QED) is 0.678. The first-order chi connectivity index (χ1) is 9.06. The molecule has 0 fully saturated rings. The van der Waals surface area contributed by atoms with E-state index in [0.29, 0.717) is 16.6 Å². The third-order valence-corrected chi connectivity index (χ3v) is 3.88. The fourth-order valence-electron chi connectivity index (χ4n) is 1.69. The zero-order chi connectivity index (χ0) is 13.8. The van der Waals surface area contributed by atoms with Crippen molar-refractivity contribution in [2.24, 2.45) is 5.92 Å². The van der Waals surface area contributed by atoms with Crippen LogP contribution in [0.25, 0.3) is 0 Å². The molecule has 0 bridgehead atoms. The lowest BCUT2D eigenvalue weighted by Crippen LogP contribution is -2.09. The summed E-state index contributed by atoms with van der Waals surface area (Å²) in [5, 5.41) is 4.90.